The zero-order valence-electron chi connectivity index (χ0n) is 15.7. The van der Waals surface area contributed by atoms with E-state index in [1.54, 1.807) is 0 Å². The second-order valence-electron chi connectivity index (χ2n) is 7.22. The van der Waals surface area contributed by atoms with Gasteiger partial charge in [0.25, 0.3) is 0 Å². The van der Waals surface area contributed by atoms with Gasteiger partial charge in [0.15, 0.2) is 5.82 Å². The second-order valence-corrected chi connectivity index (χ2v) is 7.22. The number of hydrogen-bond acceptors (Lipinski definition) is 5. The van der Waals surface area contributed by atoms with Gasteiger partial charge in [-0.2, -0.15) is 0 Å². The average molecular weight is 354 g/mol. The number of aromatic nitrogens is 5. The van der Waals surface area contributed by atoms with Gasteiger partial charge in [0.05, 0.1) is 13.1 Å². The maximum atomic E-state index is 5.74. The van der Waals surface area contributed by atoms with Crippen molar-refractivity contribution in [2.45, 2.75) is 45.7 Å². The Hall–Kier alpha value is -2.41. The minimum Gasteiger partial charge on any atom is -0.465 e. The summed E-state index contributed by atoms with van der Waals surface area (Å²) in [5.74, 6) is 5.47. The molecule has 26 heavy (non-hydrogen) atoms. The summed E-state index contributed by atoms with van der Waals surface area (Å²) in [5, 5.41) is 8.97. The minimum atomic E-state index is 0.412. The Balaban J connectivity index is 1.46. The van der Waals surface area contributed by atoms with E-state index in [4.69, 9.17) is 4.42 Å². The molecular weight excluding hydrogens is 328 g/mol. The van der Waals surface area contributed by atoms with E-state index in [1.165, 1.54) is 6.42 Å². The van der Waals surface area contributed by atoms with E-state index < -0.39 is 0 Å². The molecule has 138 valence electrons. The maximum Gasteiger partial charge on any atom is 0.152 e. The van der Waals surface area contributed by atoms with E-state index in [1.807, 2.05) is 32.3 Å². The van der Waals surface area contributed by atoms with Crippen molar-refractivity contribution < 1.29 is 4.42 Å². The number of aryl methyl sites for hydroxylation is 2. The van der Waals surface area contributed by atoms with Crippen LogP contribution in [-0.2, 0) is 20.1 Å². The van der Waals surface area contributed by atoms with Gasteiger partial charge in [-0.25, -0.2) is 4.98 Å². The van der Waals surface area contributed by atoms with Gasteiger partial charge >= 0.3 is 0 Å². The van der Waals surface area contributed by atoms with E-state index in [2.05, 4.69) is 42.3 Å². The van der Waals surface area contributed by atoms with Crippen LogP contribution in [0.15, 0.2) is 28.9 Å². The predicted molar refractivity (Wildman–Crippen MR) is 97.8 cm³/mol. The van der Waals surface area contributed by atoms with Crippen molar-refractivity contribution in [1.29, 1.82) is 0 Å². The topological polar surface area (TPSA) is 64.9 Å². The van der Waals surface area contributed by atoms with Crippen LogP contribution in [0.4, 0.5) is 0 Å². The molecule has 0 aliphatic carbocycles. The number of rotatable bonds is 5. The largest absolute Gasteiger partial charge is 0.465 e. The molecule has 3 aromatic heterocycles. The summed E-state index contributed by atoms with van der Waals surface area (Å²) in [5.41, 5.74) is 0. The lowest BCUT2D eigenvalue weighted by Crippen LogP contribution is -2.34. The first-order valence-corrected chi connectivity index (χ1v) is 9.23. The third-order valence-corrected chi connectivity index (χ3v) is 5.28. The summed E-state index contributed by atoms with van der Waals surface area (Å²) in [6.07, 6.45) is 6.14. The molecule has 0 amide bonds. The SMILES string of the molecule is Cc1ccc(CN2CCCC(c3nnc(Cn4ccnc4C)n3C)C2)o1. The fraction of sp³-hybridized carbons (Fsp3) is 0.526. The predicted octanol–water partition coefficient (Wildman–Crippen LogP) is 2.65. The molecule has 1 atom stereocenters. The molecule has 0 bridgehead atoms. The highest BCUT2D eigenvalue weighted by molar-refractivity contribution is 5.08. The first-order chi connectivity index (χ1) is 12.6. The number of nitrogens with zero attached hydrogens (tertiary/aromatic N) is 6. The van der Waals surface area contributed by atoms with Crippen LogP contribution in [0.25, 0.3) is 0 Å². The molecule has 1 aliphatic heterocycles. The Labute approximate surface area is 153 Å². The molecule has 1 fully saturated rings. The quantitative estimate of drug-likeness (QED) is 0.705. The standard InChI is InChI=1S/C19H26N6O/c1-14-6-7-17(26-14)12-24-9-4-5-16(11-24)19-22-21-18(23(19)3)13-25-10-8-20-15(25)2/h6-8,10,16H,4-5,9,11-13H2,1-3H3. The third-order valence-electron chi connectivity index (χ3n) is 5.28. The van der Waals surface area contributed by atoms with Crippen LogP contribution in [0.2, 0.25) is 0 Å². The average Bonchev–Trinajstić information content (AvgIpc) is 3.31. The molecule has 3 aromatic rings. The molecular formula is C19H26N6O. The molecule has 0 radical (unpaired) electrons. The monoisotopic (exact) mass is 354 g/mol. The van der Waals surface area contributed by atoms with Gasteiger partial charge in [0.2, 0.25) is 0 Å². The number of likely N-dealkylation sites (tertiary alicyclic amines) is 1. The Morgan fingerprint density at radius 1 is 1.19 bits per heavy atom. The molecule has 1 unspecified atom stereocenters. The molecule has 4 rings (SSSR count). The smallest absolute Gasteiger partial charge is 0.152 e. The summed E-state index contributed by atoms with van der Waals surface area (Å²) >= 11 is 0. The van der Waals surface area contributed by atoms with E-state index in [-0.39, 0.29) is 0 Å². The van der Waals surface area contributed by atoms with Gasteiger partial charge in [0.1, 0.15) is 23.2 Å². The Morgan fingerprint density at radius 2 is 2.08 bits per heavy atom. The summed E-state index contributed by atoms with van der Waals surface area (Å²) in [7, 11) is 2.08. The van der Waals surface area contributed by atoms with Crippen LogP contribution in [0.3, 0.4) is 0 Å². The highest BCUT2D eigenvalue weighted by Gasteiger charge is 2.26. The Morgan fingerprint density at radius 3 is 2.81 bits per heavy atom. The lowest BCUT2D eigenvalue weighted by Gasteiger charge is -2.31. The van der Waals surface area contributed by atoms with Crippen molar-refractivity contribution in [2.75, 3.05) is 13.1 Å². The fourth-order valence-electron chi connectivity index (χ4n) is 3.79. The van der Waals surface area contributed by atoms with Crippen LogP contribution in [0, 0.1) is 13.8 Å². The van der Waals surface area contributed by atoms with Gasteiger partial charge in [-0.15, -0.1) is 10.2 Å². The summed E-state index contributed by atoms with van der Waals surface area (Å²) in [6, 6.07) is 4.11. The molecule has 0 spiro atoms. The first kappa shape index (κ1) is 17.0. The zero-order valence-corrected chi connectivity index (χ0v) is 15.7. The summed E-state index contributed by atoms with van der Waals surface area (Å²) < 4.78 is 10.00. The molecule has 0 N–H and O–H groups in total. The van der Waals surface area contributed by atoms with Crippen LogP contribution in [0.5, 0.6) is 0 Å². The highest BCUT2D eigenvalue weighted by atomic mass is 16.3. The van der Waals surface area contributed by atoms with Crippen LogP contribution >= 0.6 is 0 Å². The van der Waals surface area contributed by atoms with Gasteiger partial charge < -0.3 is 13.6 Å². The van der Waals surface area contributed by atoms with E-state index in [0.717, 1.165) is 55.0 Å². The molecule has 0 saturated carbocycles. The van der Waals surface area contributed by atoms with Gasteiger partial charge in [-0.1, -0.05) is 0 Å². The third kappa shape index (κ3) is 3.44. The number of piperidine rings is 1. The molecule has 7 nitrogen and oxygen atoms in total. The lowest BCUT2D eigenvalue weighted by molar-refractivity contribution is 0.181. The van der Waals surface area contributed by atoms with E-state index >= 15 is 0 Å². The molecule has 4 heterocycles. The Kier molecular flexibility index (Phi) is 4.63. The minimum absolute atomic E-state index is 0.412. The Bertz CT molecular complexity index is 876. The van der Waals surface area contributed by atoms with Crippen molar-refractivity contribution in [1.82, 2.24) is 29.2 Å². The summed E-state index contributed by atoms with van der Waals surface area (Å²) in [6.45, 7) is 7.67. The molecule has 1 saturated heterocycles. The van der Waals surface area contributed by atoms with Crippen molar-refractivity contribution in [3.8, 4) is 0 Å². The van der Waals surface area contributed by atoms with Crippen molar-refractivity contribution in [2.24, 2.45) is 7.05 Å². The number of furan rings is 1. The highest BCUT2D eigenvalue weighted by Crippen LogP contribution is 2.27. The first-order valence-electron chi connectivity index (χ1n) is 9.23. The molecule has 1 aliphatic rings. The van der Waals surface area contributed by atoms with Crippen molar-refractivity contribution in [3.63, 3.8) is 0 Å². The van der Waals surface area contributed by atoms with Crippen molar-refractivity contribution >= 4 is 0 Å². The normalized spacial score (nSPS) is 18.5. The summed E-state index contributed by atoms with van der Waals surface area (Å²) in [4.78, 5) is 6.74. The van der Waals surface area contributed by atoms with Crippen LogP contribution in [-0.4, -0.2) is 42.3 Å². The van der Waals surface area contributed by atoms with Crippen LogP contribution in [0.1, 0.15) is 47.8 Å². The van der Waals surface area contributed by atoms with Crippen LogP contribution < -0.4 is 0 Å². The van der Waals surface area contributed by atoms with Gasteiger partial charge in [-0.05, 0) is 45.4 Å². The molecule has 7 heteroatoms. The second kappa shape index (κ2) is 7.07. The maximum absolute atomic E-state index is 5.74. The lowest BCUT2D eigenvalue weighted by atomic mass is 9.97. The zero-order chi connectivity index (χ0) is 18.1. The van der Waals surface area contributed by atoms with E-state index in [0.29, 0.717) is 12.5 Å². The molecule has 0 aromatic carbocycles. The van der Waals surface area contributed by atoms with Gasteiger partial charge in [-0.3, -0.25) is 4.90 Å². The van der Waals surface area contributed by atoms with E-state index in [9.17, 15) is 0 Å². The number of imidazole rings is 1. The van der Waals surface area contributed by atoms with Gasteiger partial charge in [0, 0.05) is 31.9 Å². The fourth-order valence-corrected chi connectivity index (χ4v) is 3.79. The number of hydrogen-bond donors (Lipinski definition) is 0. The van der Waals surface area contributed by atoms with Crippen molar-refractivity contribution in [3.05, 3.63) is 53.5 Å².